The first-order valence-corrected chi connectivity index (χ1v) is 8.67. The van der Waals surface area contributed by atoms with E-state index in [4.69, 9.17) is 4.74 Å². The van der Waals surface area contributed by atoms with E-state index >= 15 is 0 Å². The Morgan fingerprint density at radius 3 is 2.57 bits per heavy atom. The fourth-order valence-corrected chi connectivity index (χ4v) is 2.92. The van der Waals surface area contributed by atoms with Gasteiger partial charge in [-0.3, -0.25) is 9.59 Å². The zero-order valence-corrected chi connectivity index (χ0v) is 13.4. The minimum absolute atomic E-state index is 0.0276. The molecule has 2 amide bonds. The Balaban J connectivity index is 1.47. The second-order valence-electron chi connectivity index (χ2n) is 6.89. The number of hydrogen-bond donors (Lipinski definition) is 3. The molecule has 2 aliphatic carbocycles. The number of amides is 2. The van der Waals surface area contributed by atoms with Gasteiger partial charge in [-0.1, -0.05) is 18.6 Å². The lowest BCUT2D eigenvalue weighted by molar-refractivity contribution is -0.131. The molecule has 2 saturated carbocycles. The van der Waals surface area contributed by atoms with Crippen molar-refractivity contribution in [2.45, 2.75) is 56.8 Å². The molecule has 0 aromatic heterocycles. The Hall–Kier alpha value is -1.40. The average Bonchev–Trinajstić information content (AvgIpc) is 3.29. The van der Waals surface area contributed by atoms with Crippen molar-refractivity contribution in [1.82, 2.24) is 10.6 Å². The maximum Gasteiger partial charge on any atom is 0.223 e. The summed E-state index contributed by atoms with van der Waals surface area (Å²) in [5.74, 6) is 0.764. The van der Waals surface area contributed by atoms with Gasteiger partial charge in [0.05, 0.1) is 25.2 Å². The number of aliphatic hydroxyl groups is 1. The molecule has 0 saturated heterocycles. The maximum absolute atomic E-state index is 12.0. The fraction of sp³-hybridized carbons (Fsp3) is 0.765. The second kappa shape index (κ2) is 7.45. The Bertz CT molecular complexity index is 471. The molecule has 0 unspecified atom stereocenters. The van der Waals surface area contributed by atoms with Crippen molar-refractivity contribution in [2.24, 2.45) is 11.8 Å². The fourth-order valence-electron chi connectivity index (χ4n) is 2.92. The smallest absolute Gasteiger partial charge is 0.223 e. The van der Waals surface area contributed by atoms with Gasteiger partial charge in [-0.2, -0.15) is 0 Å². The number of ether oxygens (including phenoxy) is 1. The van der Waals surface area contributed by atoms with E-state index in [-0.39, 0.29) is 42.9 Å². The highest BCUT2D eigenvalue weighted by Crippen LogP contribution is 2.28. The summed E-state index contributed by atoms with van der Waals surface area (Å²) in [6, 6.07) is -0.320. The average molecular weight is 322 g/mol. The number of carbonyl (C=O) groups is 2. The highest BCUT2D eigenvalue weighted by Gasteiger charge is 2.32. The van der Waals surface area contributed by atoms with Crippen molar-refractivity contribution in [2.75, 3.05) is 13.2 Å². The Morgan fingerprint density at radius 1 is 1.17 bits per heavy atom. The normalized spacial score (nSPS) is 30.6. The van der Waals surface area contributed by atoms with Crippen LogP contribution in [0.4, 0.5) is 0 Å². The number of hydrogen-bond acceptors (Lipinski definition) is 4. The third-order valence-electron chi connectivity index (χ3n) is 4.92. The minimum Gasteiger partial charge on any atom is -0.394 e. The van der Waals surface area contributed by atoms with Gasteiger partial charge in [0, 0.05) is 12.5 Å². The molecular weight excluding hydrogens is 296 g/mol. The Kier molecular flexibility index (Phi) is 5.33. The molecule has 0 bridgehead atoms. The van der Waals surface area contributed by atoms with Crippen molar-refractivity contribution in [3.8, 4) is 0 Å². The van der Waals surface area contributed by atoms with E-state index in [1.807, 2.05) is 12.2 Å². The molecule has 0 radical (unpaired) electrons. The molecule has 6 nitrogen and oxygen atoms in total. The second-order valence-corrected chi connectivity index (χ2v) is 6.89. The van der Waals surface area contributed by atoms with E-state index in [1.165, 1.54) is 12.8 Å². The standard InChI is InChI=1S/C17H26N2O4/c20-10-15-14(19-17(22)12-2-1-3-12)7-6-13(23-15)8-16(21)18-9-11-4-5-11/h6-7,11-15,20H,1-5,8-10H2,(H,18,21)(H,19,22)/t13-,14-,15+/m1/s1. The van der Waals surface area contributed by atoms with Gasteiger partial charge in [0.15, 0.2) is 0 Å². The SMILES string of the molecule is O=C(C[C@H]1C=C[C@@H](NC(=O)C2CCC2)[C@H](CO)O1)NCC1CC1. The van der Waals surface area contributed by atoms with Crippen LogP contribution in [0, 0.1) is 11.8 Å². The lowest BCUT2D eigenvalue weighted by Crippen LogP contribution is -2.51. The molecule has 3 rings (SSSR count). The van der Waals surface area contributed by atoms with Crippen molar-refractivity contribution in [1.29, 1.82) is 0 Å². The van der Waals surface area contributed by atoms with Crippen molar-refractivity contribution < 1.29 is 19.4 Å². The summed E-state index contributed by atoms with van der Waals surface area (Å²) >= 11 is 0. The molecule has 0 spiro atoms. The summed E-state index contributed by atoms with van der Waals surface area (Å²) in [5.41, 5.74) is 0. The Morgan fingerprint density at radius 2 is 1.96 bits per heavy atom. The molecule has 1 heterocycles. The van der Waals surface area contributed by atoms with E-state index < -0.39 is 6.10 Å². The van der Waals surface area contributed by atoms with Crippen LogP contribution in [0.15, 0.2) is 12.2 Å². The largest absolute Gasteiger partial charge is 0.394 e. The van der Waals surface area contributed by atoms with Crippen molar-refractivity contribution >= 4 is 11.8 Å². The Labute approximate surface area is 136 Å². The lowest BCUT2D eigenvalue weighted by atomic mass is 9.84. The molecule has 0 aromatic carbocycles. The van der Waals surface area contributed by atoms with E-state index in [9.17, 15) is 14.7 Å². The highest BCUT2D eigenvalue weighted by molar-refractivity contribution is 5.80. The predicted octanol–water partition coefficient (Wildman–Crippen LogP) is 0.503. The van der Waals surface area contributed by atoms with Gasteiger partial charge in [-0.25, -0.2) is 0 Å². The molecule has 23 heavy (non-hydrogen) atoms. The van der Waals surface area contributed by atoms with E-state index in [2.05, 4.69) is 10.6 Å². The lowest BCUT2D eigenvalue weighted by Gasteiger charge is -2.33. The van der Waals surface area contributed by atoms with Crippen LogP contribution < -0.4 is 10.6 Å². The summed E-state index contributed by atoms with van der Waals surface area (Å²) < 4.78 is 5.76. The number of nitrogens with one attached hydrogen (secondary N) is 2. The molecule has 128 valence electrons. The number of carbonyl (C=O) groups excluding carboxylic acids is 2. The maximum atomic E-state index is 12.0. The van der Waals surface area contributed by atoms with E-state index in [0.717, 1.165) is 25.8 Å². The summed E-state index contributed by atoms with van der Waals surface area (Å²) in [5, 5.41) is 15.4. The predicted molar refractivity (Wildman–Crippen MR) is 84.5 cm³/mol. The van der Waals surface area contributed by atoms with E-state index in [0.29, 0.717) is 5.92 Å². The molecule has 3 N–H and O–H groups in total. The first kappa shape index (κ1) is 16.5. The molecule has 3 aliphatic rings. The van der Waals surface area contributed by atoms with Gasteiger partial charge >= 0.3 is 0 Å². The molecular formula is C17H26N2O4. The van der Waals surface area contributed by atoms with Crippen LogP contribution in [0.25, 0.3) is 0 Å². The van der Waals surface area contributed by atoms with Crippen LogP contribution in [0.2, 0.25) is 0 Å². The summed E-state index contributed by atoms with van der Waals surface area (Å²) in [6.45, 7) is 0.568. The minimum atomic E-state index is -0.495. The van der Waals surface area contributed by atoms with E-state index in [1.54, 1.807) is 0 Å². The summed E-state index contributed by atoms with van der Waals surface area (Å²) in [6.07, 6.45) is 8.47. The monoisotopic (exact) mass is 322 g/mol. The van der Waals surface area contributed by atoms with Gasteiger partial charge in [-0.15, -0.1) is 0 Å². The number of aliphatic hydroxyl groups excluding tert-OH is 1. The third kappa shape index (κ3) is 4.54. The highest BCUT2D eigenvalue weighted by atomic mass is 16.5. The van der Waals surface area contributed by atoms with Gasteiger partial charge in [0.2, 0.25) is 11.8 Å². The molecule has 3 atom stereocenters. The van der Waals surface area contributed by atoms with Crippen LogP contribution in [0.5, 0.6) is 0 Å². The third-order valence-corrected chi connectivity index (χ3v) is 4.92. The summed E-state index contributed by atoms with van der Waals surface area (Å²) in [4.78, 5) is 23.9. The zero-order chi connectivity index (χ0) is 16.2. The number of rotatable bonds is 7. The van der Waals surface area contributed by atoms with Crippen LogP contribution >= 0.6 is 0 Å². The van der Waals surface area contributed by atoms with Gasteiger partial charge in [0.1, 0.15) is 6.10 Å². The first-order valence-electron chi connectivity index (χ1n) is 8.67. The molecule has 1 aliphatic heterocycles. The van der Waals surface area contributed by atoms with Crippen LogP contribution in [-0.2, 0) is 14.3 Å². The summed E-state index contributed by atoms with van der Waals surface area (Å²) in [7, 11) is 0. The first-order chi connectivity index (χ1) is 11.2. The van der Waals surface area contributed by atoms with Gasteiger partial charge in [0.25, 0.3) is 0 Å². The molecule has 6 heteroatoms. The molecule has 0 aromatic rings. The topological polar surface area (TPSA) is 87.7 Å². The molecule has 2 fully saturated rings. The zero-order valence-electron chi connectivity index (χ0n) is 13.4. The quantitative estimate of drug-likeness (QED) is 0.596. The van der Waals surface area contributed by atoms with Crippen LogP contribution in [0.1, 0.15) is 38.5 Å². The van der Waals surface area contributed by atoms with Crippen LogP contribution in [-0.4, -0.2) is 48.3 Å². The van der Waals surface area contributed by atoms with Crippen LogP contribution in [0.3, 0.4) is 0 Å². The van der Waals surface area contributed by atoms with Crippen molar-refractivity contribution in [3.63, 3.8) is 0 Å². The van der Waals surface area contributed by atoms with Crippen molar-refractivity contribution in [3.05, 3.63) is 12.2 Å². The van der Waals surface area contributed by atoms with Gasteiger partial charge < -0.3 is 20.5 Å². The van der Waals surface area contributed by atoms with Gasteiger partial charge in [-0.05, 0) is 31.6 Å².